The lowest BCUT2D eigenvalue weighted by atomic mass is 10.5. The quantitative estimate of drug-likeness (QED) is 0.354. The summed E-state index contributed by atoms with van der Waals surface area (Å²) in [5.41, 5.74) is 0. The fourth-order valence-electron chi connectivity index (χ4n) is 0.434. The van der Waals surface area contributed by atoms with E-state index in [0.717, 1.165) is 0 Å². The molecule has 0 aromatic heterocycles. The van der Waals surface area contributed by atoms with Crippen molar-refractivity contribution in [3.05, 3.63) is 0 Å². The van der Waals surface area contributed by atoms with Gasteiger partial charge in [0.15, 0.2) is 0 Å². The first-order valence-electron chi connectivity index (χ1n) is 4.00. The Balaban J connectivity index is 4.07. The number of ether oxygens (including phenoxy) is 2. The van der Waals surface area contributed by atoms with Gasteiger partial charge in [-0.2, -0.15) is 0 Å². The maximum atomic E-state index is 10.7. The van der Waals surface area contributed by atoms with Crippen LogP contribution in [-0.2, 0) is 28.7 Å². The molecular formula is C8H10O6. The molecule has 0 heterocycles. The highest BCUT2D eigenvalue weighted by Gasteiger charge is 2.22. The van der Waals surface area contributed by atoms with E-state index in [4.69, 9.17) is 0 Å². The summed E-state index contributed by atoms with van der Waals surface area (Å²) in [5.74, 6) is -4.65. The lowest BCUT2D eigenvalue weighted by molar-refractivity contribution is -0.177. The second-order valence-corrected chi connectivity index (χ2v) is 2.23. The Bertz CT molecular complexity index is 239. The van der Waals surface area contributed by atoms with E-state index in [1.165, 1.54) is 13.8 Å². The highest BCUT2D eigenvalue weighted by molar-refractivity contribution is 6.33. The topological polar surface area (TPSA) is 86.7 Å². The van der Waals surface area contributed by atoms with Gasteiger partial charge in [0.2, 0.25) is 0 Å². The van der Waals surface area contributed by atoms with Crippen LogP contribution in [0.1, 0.15) is 26.7 Å². The Hall–Kier alpha value is -1.72. The van der Waals surface area contributed by atoms with E-state index in [1.54, 1.807) is 0 Å². The normalized spacial score (nSPS) is 9.00. The third-order valence-corrected chi connectivity index (χ3v) is 1.16. The molecule has 0 amide bonds. The SMILES string of the molecule is CCC(=O)OC(=O)C(=O)OC(=O)CC. The maximum absolute atomic E-state index is 10.7. The minimum atomic E-state index is -1.47. The Morgan fingerprint density at radius 2 is 1.07 bits per heavy atom. The van der Waals surface area contributed by atoms with Crippen LogP contribution in [0.3, 0.4) is 0 Å². The fraction of sp³-hybridized carbons (Fsp3) is 0.500. The minimum absolute atomic E-state index is 0.0409. The summed E-state index contributed by atoms with van der Waals surface area (Å²) in [4.78, 5) is 42.5. The Morgan fingerprint density at radius 1 is 0.786 bits per heavy atom. The second kappa shape index (κ2) is 5.85. The summed E-state index contributed by atoms with van der Waals surface area (Å²) in [6.07, 6.45) is -0.0819. The Kier molecular flexibility index (Phi) is 5.13. The van der Waals surface area contributed by atoms with Gasteiger partial charge in [0.1, 0.15) is 0 Å². The lowest BCUT2D eigenvalue weighted by Crippen LogP contribution is -2.25. The molecule has 0 atom stereocenters. The Morgan fingerprint density at radius 3 is 1.29 bits per heavy atom. The molecule has 0 radical (unpaired) electrons. The van der Waals surface area contributed by atoms with E-state index in [2.05, 4.69) is 9.47 Å². The molecule has 0 aliphatic carbocycles. The first kappa shape index (κ1) is 12.3. The van der Waals surface area contributed by atoms with Gasteiger partial charge in [-0.05, 0) is 0 Å². The zero-order chi connectivity index (χ0) is 11.1. The molecule has 0 saturated carbocycles. The van der Waals surface area contributed by atoms with Crippen LogP contribution in [-0.4, -0.2) is 23.9 Å². The van der Waals surface area contributed by atoms with Crippen molar-refractivity contribution in [1.82, 2.24) is 0 Å². The van der Waals surface area contributed by atoms with Gasteiger partial charge in [0.25, 0.3) is 0 Å². The van der Waals surface area contributed by atoms with Gasteiger partial charge in [-0.15, -0.1) is 0 Å². The third-order valence-electron chi connectivity index (χ3n) is 1.16. The predicted octanol–water partition coefficient (Wildman–Crippen LogP) is -0.0540. The van der Waals surface area contributed by atoms with Gasteiger partial charge in [-0.25, -0.2) is 9.59 Å². The first-order chi connectivity index (χ1) is 6.51. The van der Waals surface area contributed by atoms with Gasteiger partial charge in [0, 0.05) is 12.8 Å². The standard InChI is InChI=1S/C8H10O6/c1-3-5(9)13-7(11)8(12)14-6(10)4-2/h3-4H2,1-2H3. The van der Waals surface area contributed by atoms with Gasteiger partial charge in [-0.3, -0.25) is 9.59 Å². The van der Waals surface area contributed by atoms with Crippen molar-refractivity contribution < 1.29 is 28.7 Å². The molecule has 0 N–H and O–H groups in total. The van der Waals surface area contributed by atoms with E-state index in [-0.39, 0.29) is 12.8 Å². The summed E-state index contributed by atoms with van der Waals surface area (Å²) in [6, 6.07) is 0. The van der Waals surface area contributed by atoms with Crippen molar-refractivity contribution in [2.75, 3.05) is 0 Å². The van der Waals surface area contributed by atoms with E-state index in [0.29, 0.717) is 0 Å². The summed E-state index contributed by atoms with van der Waals surface area (Å²) in [6.45, 7) is 2.91. The average molecular weight is 202 g/mol. The highest BCUT2D eigenvalue weighted by atomic mass is 16.6. The van der Waals surface area contributed by atoms with E-state index in [1.807, 2.05) is 0 Å². The fourth-order valence-corrected chi connectivity index (χ4v) is 0.434. The van der Waals surface area contributed by atoms with Crippen LogP contribution in [0.15, 0.2) is 0 Å². The van der Waals surface area contributed by atoms with Crippen LogP contribution in [0.4, 0.5) is 0 Å². The van der Waals surface area contributed by atoms with Crippen molar-refractivity contribution >= 4 is 23.9 Å². The maximum Gasteiger partial charge on any atom is 0.425 e. The van der Waals surface area contributed by atoms with Crippen LogP contribution in [0, 0.1) is 0 Å². The van der Waals surface area contributed by atoms with Crippen molar-refractivity contribution in [1.29, 1.82) is 0 Å². The zero-order valence-electron chi connectivity index (χ0n) is 7.86. The molecule has 0 aromatic rings. The molecule has 14 heavy (non-hydrogen) atoms. The number of carbonyl (C=O) groups is 4. The highest BCUT2D eigenvalue weighted by Crippen LogP contribution is 1.91. The van der Waals surface area contributed by atoms with Crippen LogP contribution >= 0.6 is 0 Å². The molecule has 0 fully saturated rings. The Labute approximate surface area is 80.2 Å². The summed E-state index contributed by atoms with van der Waals surface area (Å²) in [7, 11) is 0. The number of hydrogen-bond donors (Lipinski definition) is 0. The van der Waals surface area contributed by atoms with E-state index < -0.39 is 23.9 Å². The minimum Gasteiger partial charge on any atom is -0.384 e. The second-order valence-electron chi connectivity index (χ2n) is 2.23. The van der Waals surface area contributed by atoms with Gasteiger partial charge in [0.05, 0.1) is 0 Å². The molecule has 0 aliphatic heterocycles. The number of esters is 4. The molecule has 0 saturated heterocycles. The lowest BCUT2D eigenvalue weighted by Gasteiger charge is -1.99. The molecule has 0 aliphatic rings. The van der Waals surface area contributed by atoms with Gasteiger partial charge in [-0.1, -0.05) is 13.8 Å². The predicted molar refractivity (Wildman–Crippen MR) is 42.8 cm³/mol. The van der Waals surface area contributed by atoms with Gasteiger partial charge < -0.3 is 9.47 Å². The molecule has 0 unspecified atom stereocenters. The molecule has 0 rings (SSSR count). The average Bonchev–Trinajstić information content (AvgIpc) is 2.17. The third kappa shape index (κ3) is 4.34. The summed E-state index contributed by atoms with van der Waals surface area (Å²) in [5, 5.41) is 0. The largest absolute Gasteiger partial charge is 0.425 e. The smallest absolute Gasteiger partial charge is 0.384 e. The molecule has 6 nitrogen and oxygen atoms in total. The zero-order valence-corrected chi connectivity index (χ0v) is 7.86. The van der Waals surface area contributed by atoms with Crippen LogP contribution in [0.5, 0.6) is 0 Å². The van der Waals surface area contributed by atoms with Crippen molar-refractivity contribution in [2.45, 2.75) is 26.7 Å². The monoisotopic (exact) mass is 202 g/mol. The van der Waals surface area contributed by atoms with E-state index >= 15 is 0 Å². The van der Waals surface area contributed by atoms with Crippen LogP contribution in [0.25, 0.3) is 0 Å². The van der Waals surface area contributed by atoms with Crippen LogP contribution in [0.2, 0.25) is 0 Å². The summed E-state index contributed by atoms with van der Waals surface area (Å²) < 4.78 is 8.00. The molecule has 0 bridgehead atoms. The molecule has 0 aromatic carbocycles. The van der Waals surface area contributed by atoms with Crippen molar-refractivity contribution in [3.63, 3.8) is 0 Å². The summed E-state index contributed by atoms with van der Waals surface area (Å²) >= 11 is 0. The molecule has 78 valence electrons. The molecule has 0 spiro atoms. The number of hydrogen-bond acceptors (Lipinski definition) is 6. The van der Waals surface area contributed by atoms with Crippen molar-refractivity contribution in [3.8, 4) is 0 Å². The van der Waals surface area contributed by atoms with Gasteiger partial charge >= 0.3 is 23.9 Å². The molecule has 6 heteroatoms. The molecular weight excluding hydrogens is 192 g/mol. The first-order valence-corrected chi connectivity index (χ1v) is 4.00. The number of rotatable bonds is 2. The van der Waals surface area contributed by atoms with Crippen molar-refractivity contribution in [2.24, 2.45) is 0 Å². The number of carbonyl (C=O) groups excluding carboxylic acids is 4. The van der Waals surface area contributed by atoms with Crippen LogP contribution < -0.4 is 0 Å². The van der Waals surface area contributed by atoms with E-state index in [9.17, 15) is 19.2 Å².